The fourth-order valence-electron chi connectivity index (χ4n) is 9.69. The van der Waals surface area contributed by atoms with Crippen LogP contribution in [0, 0.1) is 6.92 Å². The first-order valence-electron chi connectivity index (χ1n) is 24.0. The van der Waals surface area contributed by atoms with Crippen LogP contribution in [0.25, 0.3) is 11.0 Å². The summed E-state index contributed by atoms with van der Waals surface area (Å²) in [5.41, 5.74) is 4.20. The number of carbonyl (C=O) groups excluding carboxylic acids is 6. The molecular formula is C50H60N8O11. The number of pyridine rings is 2. The number of fused-ring (bicyclic) bond motifs is 2. The fourth-order valence-corrected chi connectivity index (χ4v) is 9.69. The van der Waals surface area contributed by atoms with Gasteiger partial charge in [-0.3, -0.25) is 53.3 Å². The molecule has 4 aromatic rings. The highest BCUT2D eigenvalue weighted by molar-refractivity contribution is 6.24. The van der Waals surface area contributed by atoms with Gasteiger partial charge < -0.3 is 28.7 Å². The number of piperidine rings is 1. The van der Waals surface area contributed by atoms with Crippen molar-refractivity contribution in [2.45, 2.75) is 90.1 Å². The molecule has 3 aliphatic heterocycles. The van der Waals surface area contributed by atoms with Crippen LogP contribution in [0.1, 0.15) is 118 Å². The molecule has 2 saturated heterocycles. The SMILES string of the molecule is CC(=O)c1c(C)c2cnc(Cc3ccc(N4CCN(C(=O)CCOCCOCCOCCOCCCc5cccc6c5C(=O)N(C5CCC(=O)NC5=O)C6=O)CC4)cn3)nc2n(C2CCCC2)c1=O. The van der Waals surface area contributed by atoms with E-state index >= 15 is 0 Å². The number of ketones is 1. The molecular weight excluding hydrogens is 889 g/mol. The van der Waals surface area contributed by atoms with E-state index in [1.807, 2.05) is 23.2 Å². The highest BCUT2D eigenvalue weighted by Gasteiger charge is 2.45. The first-order chi connectivity index (χ1) is 33.5. The molecule has 0 bridgehead atoms. The molecule has 366 valence electrons. The van der Waals surface area contributed by atoms with Crippen LogP contribution in [0.15, 0.2) is 47.5 Å². The Kier molecular flexibility index (Phi) is 16.3. The maximum Gasteiger partial charge on any atom is 0.263 e. The number of carbonyl (C=O) groups is 6. The zero-order valence-electron chi connectivity index (χ0n) is 39.4. The molecule has 1 aliphatic carbocycles. The van der Waals surface area contributed by atoms with Crippen LogP contribution in [-0.2, 0) is 46.2 Å². The van der Waals surface area contributed by atoms with Crippen LogP contribution in [-0.4, -0.2) is 150 Å². The molecule has 19 nitrogen and oxygen atoms in total. The summed E-state index contributed by atoms with van der Waals surface area (Å²) >= 11 is 0. The lowest BCUT2D eigenvalue weighted by atomic mass is 9.99. The lowest BCUT2D eigenvalue weighted by Crippen LogP contribution is -2.54. The lowest BCUT2D eigenvalue weighted by Gasteiger charge is -2.36. The third kappa shape index (κ3) is 11.4. The normalized spacial score (nSPS) is 17.6. The number of benzene rings is 1. The van der Waals surface area contributed by atoms with Crippen molar-refractivity contribution in [3.05, 3.63) is 92.4 Å². The van der Waals surface area contributed by atoms with Crippen molar-refractivity contribution < 1.29 is 47.7 Å². The average Bonchev–Trinajstić information content (AvgIpc) is 3.96. The van der Waals surface area contributed by atoms with Gasteiger partial charge in [-0.2, -0.15) is 0 Å². The summed E-state index contributed by atoms with van der Waals surface area (Å²) in [7, 11) is 0. The van der Waals surface area contributed by atoms with Gasteiger partial charge in [-0.15, -0.1) is 0 Å². The van der Waals surface area contributed by atoms with Gasteiger partial charge in [-0.25, -0.2) is 9.97 Å². The number of hydrogen-bond acceptors (Lipinski definition) is 15. The number of anilines is 1. The van der Waals surface area contributed by atoms with Gasteiger partial charge >= 0.3 is 0 Å². The number of nitrogens with one attached hydrogen (secondary N) is 1. The van der Waals surface area contributed by atoms with Crippen LogP contribution < -0.4 is 15.8 Å². The molecule has 6 heterocycles. The minimum Gasteiger partial charge on any atom is -0.379 e. The number of imide groups is 2. The van der Waals surface area contributed by atoms with Gasteiger partial charge in [-0.05, 0) is 75.3 Å². The molecule has 8 rings (SSSR count). The van der Waals surface area contributed by atoms with Gasteiger partial charge in [0.25, 0.3) is 17.4 Å². The molecule has 5 amide bonds. The maximum atomic E-state index is 13.6. The van der Waals surface area contributed by atoms with Gasteiger partial charge in [0.2, 0.25) is 17.7 Å². The number of ether oxygens (including phenoxy) is 4. The Bertz CT molecular complexity index is 2620. The van der Waals surface area contributed by atoms with Crippen molar-refractivity contribution in [2.75, 3.05) is 83.9 Å². The highest BCUT2D eigenvalue weighted by atomic mass is 16.6. The van der Waals surface area contributed by atoms with Crippen molar-refractivity contribution in [1.29, 1.82) is 0 Å². The molecule has 0 spiro atoms. The maximum absolute atomic E-state index is 13.6. The molecule has 0 radical (unpaired) electrons. The van der Waals surface area contributed by atoms with Crippen LogP contribution in [0.2, 0.25) is 0 Å². The molecule has 1 unspecified atom stereocenters. The molecule has 4 aliphatic rings. The summed E-state index contributed by atoms with van der Waals surface area (Å²) in [6, 6.07) is 8.11. The van der Waals surface area contributed by atoms with Crippen LogP contribution in [0.3, 0.4) is 0 Å². The predicted molar refractivity (Wildman–Crippen MR) is 251 cm³/mol. The zero-order chi connectivity index (χ0) is 48.4. The monoisotopic (exact) mass is 948 g/mol. The lowest BCUT2D eigenvalue weighted by molar-refractivity contribution is -0.136. The summed E-state index contributed by atoms with van der Waals surface area (Å²) in [4.78, 5) is 108. The van der Waals surface area contributed by atoms with Gasteiger partial charge in [0, 0.05) is 62.5 Å². The Morgan fingerprint density at radius 2 is 1.48 bits per heavy atom. The number of aryl methyl sites for hydroxylation is 2. The smallest absolute Gasteiger partial charge is 0.263 e. The molecule has 19 heteroatoms. The van der Waals surface area contributed by atoms with Crippen molar-refractivity contribution in [1.82, 2.24) is 34.6 Å². The van der Waals surface area contributed by atoms with Crippen LogP contribution in [0.4, 0.5) is 5.69 Å². The van der Waals surface area contributed by atoms with E-state index in [0.29, 0.717) is 133 Å². The molecule has 1 saturated carbocycles. The second-order valence-electron chi connectivity index (χ2n) is 17.8. The Morgan fingerprint density at radius 1 is 0.783 bits per heavy atom. The zero-order valence-corrected chi connectivity index (χ0v) is 39.4. The summed E-state index contributed by atoms with van der Waals surface area (Å²) in [6.45, 7) is 8.82. The number of rotatable bonds is 22. The standard InChI is InChI=1S/C50H60N8O11/c1-32-39-31-52-41(53-46(39)57(36-9-3-4-10-36)49(64)44(32)33(2)59)29-35-12-13-37(30-51-35)55-17-19-56(20-18-55)43(61)16-22-67-24-26-69-28-27-68-25-23-66-21-6-8-34-7-5-11-38-45(34)50(65)58(48(38)63)40-14-15-42(60)54-47(40)62/h5,7,11-13,30-31,36,40H,3-4,6,8-10,14-29H2,1-2H3,(H,54,60,62). The second kappa shape index (κ2) is 22.9. The molecule has 69 heavy (non-hydrogen) atoms. The molecule has 1 atom stereocenters. The Hall–Kier alpha value is -6.28. The fraction of sp³-hybridized carbons (Fsp3) is 0.520. The first-order valence-corrected chi connectivity index (χ1v) is 24.0. The Balaban J connectivity index is 0.657. The average molecular weight is 949 g/mol. The summed E-state index contributed by atoms with van der Waals surface area (Å²) in [6.07, 6.45) is 9.40. The highest BCUT2D eigenvalue weighted by Crippen LogP contribution is 2.33. The van der Waals surface area contributed by atoms with Gasteiger partial charge in [0.1, 0.15) is 17.5 Å². The van der Waals surface area contributed by atoms with Crippen molar-refractivity contribution in [3.8, 4) is 0 Å². The number of nitrogens with zero attached hydrogens (tertiary/aromatic N) is 7. The number of hydrogen-bond donors (Lipinski definition) is 1. The number of aromatic nitrogens is 4. The van der Waals surface area contributed by atoms with E-state index < -0.39 is 29.7 Å². The molecule has 3 aromatic heterocycles. The summed E-state index contributed by atoms with van der Waals surface area (Å²) in [5.74, 6) is -1.71. The van der Waals surface area contributed by atoms with E-state index in [9.17, 15) is 33.6 Å². The van der Waals surface area contributed by atoms with Gasteiger partial charge in [-0.1, -0.05) is 25.0 Å². The topological polar surface area (TPSA) is 222 Å². The van der Waals surface area contributed by atoms with Crippen LogP contribution in [0.5, 0.6) is 0 Å². The largest absolute Gasteiger partial charge is 0.379 e. The third-order valence-corrected chi connectivity index (χ3v) is 13.3. The van der Waals surface area contributed by atoms with Crippen LogP contribution >= 0.6 is 0 Å². The minimum atomic E-state index is -0.999. The molecule has 1 aromatic carbocycles. The van der Waals surface area contributed by atoms with Gasteiger partial charge in [0.05, 0.1) is 87.7 Å². The Morgan fingerprint density at radius 3 is 2.14 bits per heavy atom. The van der Waals surface area contributed by atoms with E-state index in [4.69, 9.17) is 28.9 Å². The van der Waals surface area contributed by atoms with E-state index in [1.54, 1.807) is 35.9 Å². The Labute approximate surface area is 399 Å². The number of amides is 5. The van der Waals surface area contributed by atoms with Crippen molar-refractivity contribution in [3.63, 3.8) is 0 Å². The quantitative estimate of drug-likeness (QED) is 0.0677. The van der Waals surface area contributed by atoms with Crippen molar-refractivity contribution in [2.24, 2.45) is 0 Å². The van der Waals surface area contributed by atoms with E-state index in [2.05, 4.69) is 15.2 Å². The first kappa shape index (κ1) is 49.2. The second-order valence-corrected chi connectivity index (χ2v) is 17.8. The molecule has 1 N–H and O–H groups in total. The van der Waals surface area contributed by atoms with Crippen molar-refractivity contribution >= 4 is 52.0 Å². The van der Waals surface area contributed by atoms with Gasteiger partial charge in [0.15, 0.2) is 5.78 Å². The summed E-state index contributed by atoms with van der Waals surface area (Å²) < 4.78 is 24.3. The van der Waals surface area contributed by atoms with E-state index in [0.717, 1.165) is 47.4 Å². The third-order valence-electron chi connectivity index (χ3n) is 13.3. The number of Topliss-reactive ketones (excluding diaryl/α,β-unsaturated/α-hetero) is 1. The predicted octanol–water partition coefficient (Wildman–Crippen LogP) is 3.54. The number of piperazine rings is 1. The van der Waals surface area contributed by atoms with E-state index in [-0.39, 0.29) is 47.3 Å². The molecule has 3 fully saturated rings. The minimum absolute atomic E-state index is 0.0151. The van der Waals surface area contributed by atoms with E-state index in [1.165, 1.54) is 6.92 Å². The summed E-state index contributed by atoms with van der Waals surface area (Å²) in [5, 5.41) is 2.94.